The third kappa shape index (κ3) is 2.91. The average Bonchev–Trinajstić information content (AvgIpc) is 3.15. The number of thiophene rings is 1. The lowest BCUT2D eigenvalue weighted by atomic mass is 10.2. The van der Waals surface area contributed by atoms with Gasteiger partial charge in [0, 0.05) is 12.5 Å². The van der Waals surface area contributed by atoms with Gasteiger partial charge in [0.2, 0.25) is 11.8 Å². The summed E-state index contributed by atoms with van der Waals surface area (Å²) in [6, 6.07) is 1.96. The summed E-state index contributed by atoms with van der Waals surface area (Å²) < 4.78 is 11.3. The summed E-state index contributed by atoms with van der Waals surface area (Å²) in [5, 5.41) is 10.0. The predicted molar refractivity (Wildman–Crippen MR) is 82.0 cm³/mol. The van der Waals surface area contributed by atoms with E-state index in [-0.39, 0.29) is 17.9 Å². The Hall–Kier alpha value is -1.73. The zero-order valence-corrected chi connectivity index (χ0v) is 13.7. The molecule has 1 saturated heterocycles. The summed E-state index contributed by atoms with van der Waals surface area (Å²) >= 11 is 1.47. The topological polar surface area (TPSA) is 68.5 Å². The third-order valence-corrected chi connectivity index (χ3v) is 4.64. The Balaban J connectivity index is 1.73. The summed E-state index contributed by atoms with van der Waals surface area (Å²) in [5.74, 6) is 1.26. The van der Waals surface area contributed by atoms with Crippen LogP contribution < -0.4 is 0 Å². The van der Waals surface area contributed by atoms with Crippen molar-refractivity contribution in [1.82, 2.24) is 15.1 Å². The van der Waals surface area contributed by atoms with Crippen LogP contribution in [-0.2, 0) is 4.74 Å². The Morgan fingerprint density at radius 2 is 2.27 bits per heavy atom. The van der Waals surface area contributed by atoms with Crippen LogP contribution in [-0.4, -0.2) is 40.7 Å². The first kappa shape index (κ1) is 15.2. The van der Waals surface area contributed by atoms with Gasteiger partial charge in [0.15, 0.2) is 6.10 Å². The Labute approximate surface area is 133 Å². The molecular formula is C15H19N3O3S. The first-order valence-electron chi connectivity index (χ1n) is 7.34. The minimum atomic E-state index is -0.349. The summed E-state index contributed by atoms with van der Waals surface area (Å²) in [5.41, 5.74) is 1.01. The quantitative estimate of drug-likeness (QED) is 0.869. The maximum absolute atomic E-state index is 12.6. The summed E-state index contributed by atoms with van der Waals surface area (Å²) in [4.78, 5) is 15.2. The SMILES string of the molecule is Cc1ccsc1C(=O)N1CCO[C@@H](c2nnc(C(C)C)o2)C1. The van der Waals surface area contributed by atoms with Crippen molar-refractivity contribution in [2.24, 2.45) is 0 Å². The van der Waals surface area contributed by atoms with Crippen molar-refractivity contribution in [2.75, 3.05) is 19.7 Å². The minimum Gasteiger partial charge on any atom is -0.422 e. The maximum Gasteiger partial charge on any atom is 0.264 e. The fourth-order valence-electron chi connectivity index (χ4n) is 2.33. The largest absolute Gasteiger partial charge is 0.422 e. The Kier molecular flexibility index (Phi) is 4.26. The molecule has 0 saturated carbocycles. The van der Waals surface area contributed by atoms with Crippen LogP contribution in [0.15, 0.2) is 15.9 Å². The molecule has 0 N–H and O–H groups in total. The zero-order chi connectivity index (χ0) is 15.7. The second-order valence-electron chi connectivity index (χ2n) is 5.68. The fourth-order valence-corrected chi connectivity index (χ4v) is 3.22. The molecule has 0 aliphatic carbocycles. The second kappa shape index (κ2) is 6.18. The van der Waals surface area contributed by atoms with E-state index in [2.05, 4.69) is 10.2 Å². The molecule has 0 unspecified atom stereocenters. The number of carbonyl (C=O) groups excluding carboxylic acids is 1. The molecule has 3 rings (SSSR count). The van der Waals surface area contributed by atoms with Crippen molar-refractivity contribution in [3.8, 4) is 0 Å². The van der Waals surface area contributed by atoms with Crippen LogP contribution in [0.25, 0.3) is 0 Å². The molecule has 1 aliphatic heterocycles. The first-order chi connectivity index (χ1) is 10.6. The van der Waals surface area contributed by atoms with E-state index < -0.39 is 0 Å². The Morgan fingerprint density at radius 3 is 2.91 bits per heavy atom. The van der Waals surface area contributed by atoms with Gasteiger partial charge in [-0.25, -0.2) is 0 Å². The summed E-state index contributed by atoms with van der Waals surface area (Å²) in [6.45, 7) is 7.44. The monoisotopic (exact) mass is 321 g/mol. The molecule has 3 heterocycles. The lowest BCUT2D eigenvalue weighted by Crippen LogP contribution is -2.42. The van der Waals surface area contributed by atoms with Crippen LogP contribution in [0, 0.1) is 6.92 Å². The standard InChI is InChI=1S/C15H19N3O3S/c1-9(2)13-16-17-14(21-13)11-8-18(5-6-20-11)15(19)12-10(3)4-7-22-12/h4,7,9,11H,5-6,8H2,1-3H3/t11-/m1/s1. The van der Waals surface area contributed by atoms with Gasteiger partial charge in [-0.3, -0.25) is 4.79 Å². The molecular weight excluding hydrogens is 302 g/mol. The molecule has 2 aromatic rings. The molecule has 1 fully saturated rings. The van der Waals surface area contributed by atoms with Crippen molar-refractivity contribution in [2.45, 2.75) is 32.8 Å². The highest BCUT2D eigenvalue weighted by molar-refractivity contribution is 7.12. The molecule has 1 amide bonds. The molecule has 7 heteroatoms. The zero-order valence-electron chi connectivity index (χ0n) is 12.9. The van der Waals surface area contributed by atoms with E-state index in [1.807, 2.05) is 32.2 Å². The molecule has 0 spiro atoms. The van der Waals surface area contributed by atoms with Gasteiger partial charge >= 0.3 is 0 Å². The lowest BCUT2D eigenvalue weighted by molar-refractivity contribution is -0.0349. The molecule has 118 valence electrons. The predicted octanol–water partition coefficient (Wildman–Crippen LogP) is 2.78. The van der Waals surface area contributed by atoms with Crippen LogP contribution in [0.3, 0.4) is 0 Å². The Bertz CT molecular complexity index is 665. The van der Waals surface area contributed by atoms with E-state index in [1.54, 1.807) is 4.90 Å². The van der Waals surface area contributed by atoms with E-state index >= 15 is 0 Å². The van der Waals surface area contributed by atoms with Crippen molar-refractivity contribution in [3.05, 3.63) is 33.7 Å². The van der Waals surface area contributed by atoms with Gasteiger partial charge in [-0.15, -0.1) is 21.5 Å². The van der Waals surface area contributed by atoms with Crippen LogP contribution in [0.2, 0.25) is 0 Å². The summed E-state index contributed by atoms with van der Waals surface area (Å²) in [6.07, 6.45) is -0.349. The average molecular weight is 321 g/mol. The van der Waals surface area contributed by atoms with Crippen LogP contribution in [0.1, 0.15) is 52.9 Å². The number of rotatable bonds is 3. The van der Waals surface area contributed by atoms with Crippen molar-refractivity contribution >= 4 is 17.2 Å². The van der Waals surface area contributed by atoms with Crippen LogP contribution >= 0.6 is 11.3 Å². The smallest absolute Gasteiger partial charge is 0.264 e. The number of hydrogen-bond donors (Lipinski definition) is 0. The van der Waals surface area contributed by atoms with Gasteiger partial charge in [-0.1, -0.05) is 13.8 Å². The van der Waals surface area contributed by atoms with E-state index in [0.29, 0.717) is 31.5 Å². The molecule has 2 aromatic heterocycles. The maximum atomic E-state index is 12.6. The summed E-state index contributed by atoms with van der Waals surface area (Å²) in [7, 11) is 0. The number of aromatic nitrogens is 2. The number of hydrogen-bond acceptors (Lipinski definition) is 6. The number of aryl methyl sites for hydroxylation is 1. The van der Waals surface area contributed by atoms with E-state index in [4.69, 9.17) is 9.15 Å². The molecule has 1 aliphatic rings. The molecule has 0 bridgehead atoms. The van der Waals surface area contributed by atoms with Gasteiger partial charge in [0.1, 0.15) is 0 Å². The molecule has 0 aromatic carbocycles. The van der Waals surface area contributed by atoms with Gasteiger partial charge in [-0.2, -0.15) is 0 Å². The number of amides is 1. The normalized spacial score (nSPS) is 18.9. The number of nitrogens with zero attached hydrogens (tertiary/aromatic N) is 3. The first-order valence-corrected chi connectivity index (χ1v) is 8.22. The Morgan fingerprint density at radius 1 is 1.45 bits per heavy atom. The van der Waals surface area contributed by atoms with Gasteiger partial charge < -0.3 is 14.1 Å². The minimum absolute atomic E-state index is 0.0457. The highest BCUT2D eigenvalue weighted by Gasteiger charge is 2.30. The van der Waals surface area contributed by atoms with Crippen molar-refractivity contribution in [1.29, 1.82) is 0 Å². The molecule has 1 atom stereocenters. The fraction of sp³-hybridized carbons (Fsp3) is 0.533. The number of morpholine rings is 1. The highest BCUT2D eigenvalue weighted by atomic mass is 32.1. The number of ether oxygens (including phenoxy) is 1. The van der Waals surface area contributed by atoms with E-state index in [9.17, 15) is 4.79 Å². The van der Waals surface area contributed by atoms with Crippen molar-refractivity contribution < 1.29 is 13.9 Å². The molecule has 22 heavy (non-hydrogen) atoms. The van der Waals surface area contributed by atoms with Gasteiger partial charge in [-0.05, 0) is 23.9 Å². The van der Waals surface area contributed by atoms with E-state index in [0.717, 1.165) is 10.4 Å². The van der Waals surface area contributed by atoms with E-state index in [1.165, 1.54) is 11.3 Å². The number of carbonyl (C=O) groups is 1. The second-order valence-corrected chi connectivity index (χ2v) is 6.59. The van der Waals surface area contributed by atoms with Gasteiger partial charge in [0.05, 0.1) is 18.0 Å². The van der Waals surface area contributed by atoms with Crippen LogP contribution in [0.4, 0.5) is 0 Å². The molecule has 6 nitrogen and oxygen atoms in total. The molecule has 0 radical (unpaired) electrons. The van der Waals surface area contributed by atoms with Gasteiger partial charge in [0.25, 0.3) is 5.91 Å². The third-order valence-electron chi connectivity index (χ3n) is 3.64. The lowest BCUT2D eigenvalue weighted by Gasteiger charge is -2.31. The van der Waals surface area contributed by atoms with Crippen molar-refractivity contribution in [3.63, 3.8) is 0 Å². The van der Waals surface area contributed by atoms with Crippen LogP contribution in [0.5, 0.6) is 0 Å². The highest BCUT2D eigenvalue weighted by Crippen LogP contribution is 2.26.